The van der Waals surface area contributed by atoms with E-state index >= 15 is 0 Å². The molecular weight excluding hydrogens is 358 g/mol. The Morgan fingerprint density at radius 3 is 2.76 bits per heavy atom. The van der Waals surface area contributed by atoms with Crippen molar-refractivity contribution in [1.82, 2.24) is 9.88 Å². The Labute approximate surface area is 156 Å². The minimum absolute atomic E-state index is 0.200. The molecule has 0 saturated carbocycles. The van der Waals surface area contributed by atoms with Gasteiger partial charge in [0.05, 0.1) is 16.1 Å². The molecule has 1 atom stereocenters. The van der Waals surface area contributed by atoms with Gasteiger partial charge in [-0.2, -0.15) is 0 Å². The van der Waals surface area contributed by atoms with Crippen molar-refractivity contribution >= 4 is 34.1 Å². The first kappa shape index (κ1) is 16.9. The van der Waals surface area contributed by atoms with Crippen LogP contribution in [0.15, 0.2) is 42.5 Å². The van der Waals surface area contributed by atoms with E-state index < -0.39 is 0 Å². The Balaban J connectivity index is 1.62. The van der Waals surface area contributed by atoms with Crippen LogP contribution < -0.4 is 0 Å². The van der Waals surface area contributed by atoms with Crippen LogP contribution in [0.4, 0.5) is 4.39 Å². The van der Waals surface area contributed by atoms with E-state index in [1.54, 1.807) is 12.1 Å². The molecule has 3 aromatic rings. The van der Waals surface area contributed by atoms with Gasteiger partial charge in [-0.1, -0.05) is 35.7 Å². The SMILES string of the molecule is Fc1ccc2[nH]c(C3CCCCN3Cc3ccc(Cl)c(Cl)c3)cc2c1. The molecule has 1 N–H and O–H groups in total. The zero-order valence-electron chi connectivity index (χ0n) is 13.7. The fraction of sp³-hybridized carbons (Fsp3) is 0.300. The summed E-state index contributed by atoms with van der Waals surface area (Å²) in [5.74, 6) is -0.200. The van der Waals surface area contributed by atoms with Gasteiger partial charge < -0.3 is 4.98 Å². The second kappa shape index (κ2) is 6.99. The molecule has 5 heteroatoms. The largest absolute Gasteiger partial charge is 0.357 e. The number of H-pyrrole nitrogens is 1. The number of benzene rings is 2. The molecule has 4 rings (SSSR count). The van der Waals surface area contributed by atoms with Crippen molar-refractivity contribution in [2.24, 2.45) is 0 Å². The standard InChI is InChI=1S/C20H19Cl2FN2/c21-16-6-4-13(9-17(16)22)12-25-8-2-1-3-20(25)19-11-14-10-15(23)5-7-18(14)24-19/h4-7,9-11,20,24H,1-3,8,12H2. The highest BCUT2D eigenvalue weighted by molar-refractivity contribution is 6.42. The van der Waals surface area contributed by atoms with Crippen molar-refractivity contribution in [3.8, 4) is 0 Å². The summed E-state index contributed by atoms with van der Waals surface area (Å²) in [6.07, 6.45) is 3.48. The number of aromatic amines is 1. The van der Waals surface area contributed by atoms with E-state index in [4.69, 9.17) is 23.2 Å². The van der Waals surface area contributed by atoms with E-state index in [-0.39, 0.29) is 5.82 Å². The van der Waals surface area contributed by atoms with Crippen LogP contribution in [0.1, 0.15) is 36.6 Å². The third-order valence-corrected chi connectivity index (χ3v) is 5.68. The number of fused-ring (bicyclic) bond motifs is 1. The van der Waals surface area contributed by atoms with E-state index in [2.05, 4.69) is 16.0 Å². The van der Waals surface area contributed by atoms with Gasteiger partial charge in [-0.15, -0.1) is 0 Å². The Kier molecular flexibility index (Phi) is 4.72. The lowest BCUT2D eigenvalue weighted by atomic mass is 9.98. The van der Waals surface area contributed by atoms with Gasteiger partial charge in [0.25, 0.3) is 0 Å². The molecule has 1 aromatic heterocycles. The van der Waals surface area contributed by atoms with Crippen molar-refractivity contribution in [2.75, 3.05) is 6.54 Å². The Hall–Kier alpha value is -1.55. The van der Waals surface area contributed by atoms with Gasteiger partial charge >= 0.3 is 0 Å². The highest BCUT2D eigenvalue weighted by Gasteiger charge is 2.25. The van der Waals surface area contributed by atoms with Crippen LogP contribution in [-0.4, -0.2) is 16.4 Å². The molecule has 25 heavy (non-hydrogen) atoms. The van der Waals surface area contributed by atoms with Crippen molar-refractivity contribution < 1.29 is 4.39 Å². The first-order valence-electron chi connectivity index (χ1n) is 8.56. The normalized spacial score (nSPS) is 18.8. The molecule has 130 valence electrons. The second-order valence-corrected chi connectivity index (χ2v) is 7.50. The lowest BCUT2D eigenvalue weighted by molar-refractivity contribution is 0.138. The summed E-state index contributed by atoms with van der Waals surface area (Å²) in [5.41, 5.74) is 3.29. The number of nitrogens with zero attached hydrogens (tertiary/aromatic N) is 1. The average Bonchev–Trinajstić information content (AvgIpc) is 3.01. The van der Waals surface area contributed by atoms with Crippen molar-refractivity contribution in [3.63, 3.8) is 0 Å². The predicted octanol–water partition coefficient (Wildman–Crippen LogP) is 6.34. The lowest BCUT2D eigenvalue weighted by Crippen LogP contribution is -2.33. The van der Waals surface area contributed by atoms with Crippen LogP contribution >= 0.6 is 23.2 Å². The maximum atomic E-state index is 13.5. The van der Waals surface area contributed by atoms with Crippen LogP contribution in [0.2, 0.25) is 10.0 Å². The maximum Gasteiger partial charge on any atom is 0.123 e. The number of hydrogen-bond acceptors (Lipinski definition) is 1. The third kappa shape index (κ3) is 3.55. The smallest absolute Gasteiger partial charge is 0.123 e. The Morgan fingerprint density at radius 1 is 1.04 bits per heavy atom. The molecule has 1 aliphatic heterocycles. The van der Waals surface area contributed by atoms with Gasteiger partial charge in [0.2, 0.25) is 0 Å². The second-order valence-electron chi connectivity index (χ2n) is 6.69. The van der Waals surface area contributed by atoms with Crippen molar-refractivity contribution in [2.45, 2.75) is 31.8 Å². The molecule has 0 bridgehead atoms. The minimum atomic E-state index is -0.200. The monoisotopic (exact) mass is 376 g/mol. The average molecular weight is 377 g/mol. The summed E-state index contributed by atoms with van der Waals surface area (Å²) in [6, 6.07) is 13.1. The third-order valence-electron chi connectivity index (χ3n) is 4.95. The zero-order chi connectivity index (χ0) is 17.4. The summed E-state index contributed by atoms with van der Waals surface area (Å²) in [4.78, 5) is 5.94. The summed E-state index contributed by atoms with van der Waals surface area (Å²) in [6.45, 7) is 1.86. The Bertz CT molecular complexity index is 906. The van der Waals surface area contributed by atoms with Crippen molar-refractivity contribution in [3.05, 3.63) is 69.6 Å². The summed E-state index contributed by atoms with van der Waals surface area (Å²) >= 11 is 12.2. The van der Waals surface area contributed by atoms with Crippen LogP contribution in [0.3, 0.4) is 0 Å². The molecule has 1 fully saturated rings. The highest BCUT2D eigenvalue weighted by Crippen LogP contribution is 2.34. The number of piperidine rings is 1. The van der Waals surface area contributed by atoms with Crippen LogP contribution in [-0.2, 0) is 6.54 Å². The van der Waals surface area contributed by atoms with E-state index in [1.807, 2.05) is 18.2 Å². The molecule has 2 aromatic carbocycles. The van der Waals surface area contributed by atoms with Crippen molar-refractivity contribution in [1.29, 1.82) is 0 Å². The number of halogens is 3. The van der Waals surface area contributed by atoms with Gasteiger partial charge in [-0.3, -0.25) is 4.90 Å². The van der Waals surface area contributed by atoms with Gasteiger partial charge in [0, 0.05) is 23.1 Å². The molecule has 0 aliphatic carbocycles. The fourth-order valence-corrected chi connectivity index (χ4v) is 4.03. The highest BCUT2D eigenvalue weighted by atomic mass is 35.5. The van der Waals surface area contributed by atoms with E-state index in [1.165, 1.54) is 18.9 Å². The first-order valence-corrected chi connectivity index (χ1v) is 9.32. The minimum Gasteiger partial charge on any atom is -0.357 e. The molecule has 2 heterocycles. The summed E-state index contributed by atoms with van der Waals surface area (Å²) < 4.78 is 13.5. The van der Waals surface area contributed by atoms with Gasteiger partial charge in [-0.25, -0.2) is 4.39 Å². The van der Waals surface area contributed by atoms with E-state index in [0.29, 0.717) is 16.1 Å². The van der Waals surface area contributed by atoms with Gasteiger partial charge in [0.15, 0.2) is 0 Å². The maximum absolute atomic E-state index is 13.5. The number of likely N-dealkylation sites (tertiary alicyclic amines) is 1. The molecule has 1 unspecified atom stereocenters. The van der Waals surface area contributed by atoms with Crippen LogP contribution in [0.5, 0.6) is 0 Å². The van der Waals surface area contributed by atoms with E-state index in [0.717, 1.165) is 41.7 Å². The molecule has 0 amide bonds. The molecule has 0 spiro atoms. The molecule has 0 radical (unpaired) electrons. The number of hydrogen-bond donors (Lipinski definition) is 1. The molecule has 2 nitrogen and oxygen atoms in total. The van der Waals surface area contributed by atoms with Crippen LogP contribution in [0.25, 0.3) is 10.9 Å². The lowest BCUT2D eigenvalue weighted by Gasteiger charge is -2.35. The predicted molar refractivity (Wildman–Crippen MR) is 102 cm³/mol. The molecule has 1 aliphatic rings. The van der Waals surface area contributed by atoms with Crippen LogP contribution in [0, 0.1) is 5.82 Å². The summed E-state index contributed by atoms with van der Waals surface area (Å²) in [7, 11) is 0. The molecule has 1 saturated heterocycles. The van der Waals surface area contributed by atoms with Gasteiger partial charge in [-0.05, 0) is 61.3 Å². The van der Waals surface area contributed by atoms with E-state index in [9.17, 15) is 4.39 Å². The number of rotatable bonds is 3. The topological polar surface area (TPSA) is 19.0 Å². The zero-order valence-corrected chi connectivity index (χ0v) is 15.2. The first-order chi connectivity index (χ1) is 12.1. The summed E-state index contributed by atoms with van der Waals surface area (Å²) in [5, 5.41) is 2.10. The van der Waals surface area contributed by atoms with Gasteiger partial charge in [0.1, 0.15) is 5.82 Å². The number of nitrogens with one attached hydrogen (secondary N) is 1. The quantitative estimate of drug-likeness (QED) is 0.564. The molecular formula is C20H19Cl2FN2. The Morgan fingerprint density at radius 2 is 1.92 bits per heavy atom. The fourth-order valence-electron chi connectivity index (χ4n) is 3.71. The number of aromatic nitrogens is 1.